The Bertz CT molecular complexity index is 729. The highest BCUT2D eigenvalue weighted by atomic mass is 35.5. The number of benzene rings is 1. The van der Waals surface area contributed by atoms with Crippen molar-refractivity contribution in [3.63, 3.8) is 0 Å². The van der Waals surface area contributed by atoms with Gasteiger partial charge in [-0.3, -0.25) is 4.68 Å². The van der Waals surface area contributed by atoms with Crippen LogP contribution in [0.1, 0.15) is 22.8 Å². The average Bonchev–Trinajstić information content (AvgIpc) is 2.81. The third kappa shape index (κ3) is 3.95. The maximum absolute atomic E-state index is 12.8. The minimum Gasteiger partial charge on any atom is -0.462 e. The second-order valence-electron chi connectivity index (χ2n) is 4.48. The van der Waals surface area contributed by atoms with Gasteiger partial charge in [-0.25, -0.2) is 4.79 Å². The van der Waals surface area contributed by atoms with Crippen LogP contribution in [-0.2, 0) is 18.0 Å². The molecule has 2 aromatic rings. The van der Waals surface area contributed by atoms with Gasteiger partial charge in [-0.05, 0) is 25.1 Å². The molecule has 0 aliphatic heterocycles. The lowest BCUT2D eigenvalue weighted by atomic mass is 10.2. The summed E-state index contributed by atoms with van der Waals surface area (Å²) in [6.45, 7) is 1.77. The van der Waals surface area contributed by atoms with E-state index < -0.39 is 22.7 Å². The minimum absolute atomic E-state index is 0.0119. The van der Waals surface area contributed by atoms with Crippen molar-refractivity contribution in [3.05, 3.63) is 40.5 Å². The predicted molar refractivity (Wildman–Crippen MR) is 75.7 cm³/mol. The lowest BCUT2D eigenvalue weighted by Crippen LogP contribution is -2.07. The number of hydrogen-bond acceptors (Lipinski definition) is 4. The summed E-state index contributed by atoms with van der Waals surface area (Å²) in [6, 6.07) is 3.06. The Labute approximate surface area is 134 Å². The normalized spacial score (nSPS) is 11.4. The highest BCUT2D eigenvalue weighted by Gasteiger charge is 2.33. The molecule has 5 nitrogen and oxygen atoms in total. The predicted octanol–water partition coefficient (Wildman–Crippen LogP) is 4.06. The topological polar surface area (TPSA) is 53.4 Å². The quantitative estimate of drug-likeness (QED) is 0.782. The zero-order chi connectivity index (χ0) is 17.2. The van der Waals surface area contributed by atoms with E-state index in [1.807, 2.05) is 0 Å². The molecule has 0 fully saturated rings. The molecular formula is C14H12ClF3N2O3. The van der Waals surface area contributed by atoms with Crippen molar-refractivity contribution in [1.29, 1.82) is 0 Å². The van der Waals surface area contributed by atoms with E-state index in [-0.39, 0.29) is 23.8 Å². The van der Waals surface area contributed by atoms with Gasteiger partial charge in [0.15, 0.2) is 0 Å². The number of nitrogens with zero attached hydrogens (tertiary/aromatic N) is 2. The molecule has 0 unspecified atom stereocenters. The van der Waals surface area contributed by atoms with Crippen molar-refractivity contribution >= 4 is 17.6 Å². The number of carbonyl (C=O) groups excluding carboxylic acids is 1. The van der Waals surface area contributed by atoms with E-state index in [4.69, 9.17) is 21.1 Å². The molecule has 0 amide bonds. The van der Waals surface area contributed by atoms with Crippen LogP contribution in [0, 0.1) is 0 Å². The molecular weight excluding hydrogens is 337 g/mol. The van der Waals surface area contributed by atoms with Crippen LogP contribution < -0.4 is 4.74 Å². The van der Waals surface area contributed by atoms with Gasteiger partial charge in [-0.2, -0.15) is 13.2 Å². The Morgan fingerprint density at radius 3 is 2.70 bits per heavy atom. The number of rotatable bonds is 4. The standard InChI is InChI=1S/C14H12ClF3N2O3/c1-3-22-13(21)9-7-20(2)19-12(9)23-8-4-5-11(15)10(6-8)14(16,17)18/h4-7H,3H2,1-2H3. The number of aromatic nitrogens is 2. The Balaban J connectivity index is 2.35. The van der Waals surface area contributed by atoms with Crippen molar-refractivity contribution in [3.8, 4) is 11.6 Å². The summed E-state index contributed by atoms with van der Waals surface area (Å²) in [4.78, 5) is 11.8. The van der Waals surface area contributed by atoms with Gasteiger partial charge in [0.05, 0.1) is 17.2 Å². The van der Waals surface area contributed by atoms with Crippen LogP contribution in [0.2, 0.25) is 5.02 Å². The maximum Gasteiger partial charge on any atom is 0.417 e. The van der Waals surface area contributed by atoms with Gasteiger partial charge >= 0.3 is 12.1 Å². The van der Waals surface area contributed by atoms with Crippen LogP contribution in [0.25, 0.3) is 0 Å². The van der Waals surface area contributed by atoms with Crippen molar-refractivity contribution in [2.24, 2.45) is 7.05 Å². The lowest BCUT2D eigenvalue weighted by Gasteiger charge is -2.11. The van der Waals surface area contributed by atoms with Gasteiger partial charge in [0.1, 0.15) is 11.3 Å². The number of carbonyl (C=O) groups is 1. The van der Waals surface area contributed by atoms with E-state index in [0.29, 0.717) is 0 Å². The van der Waals surface area contributed by atoms with E-state index in [9.17, 15) is 18.0 Å². The largest absolute Gasteiger partial charge is 0.462 e. The van der Waals surface area contributed by atoms with Crippen molar-refractivity contribution < 1.29 is 27.4 Å². The second kappa shape index (κ2) is 6.49. The van der Waals surface area contributed by atoms with E-state index in [1.54, 1.807) is 14.0 Å². The zero-order valence-electron chi connectivity index (χ0n) is 12.1. The van der Waals surface area contributed by atoms with Gasteiger partial charge in [-0.15, -0.1) is 5.10 Å². The molecule has 23 heavy (non-hydrogen) atoms. The number of alkyl halides is 3. The second-order valence-corrected chi connectivity index (χ2v) is 4.89. The molecule has 0 saturated heterocycles. The van der Waals surface area contributed by atoms with Crippen molar-refractivity contribution in [2.45, 2.75) is 13.1 Å². The van der Waals surface area contributed by atoms with E-state index in [0.717, 1.165) is 12.1 Å². The van der Waals surface area contributed by atoms with Crippen LogP contribution in [0.5, 0.6) is 11.6 Å². The third-order valence-corrected chi connectivity index (χ3v) is 3.08. The SMILES string of the molecule is CCOC(=O)c1cn(C)nc1Oc1ccc(Cl)c(C(F)(F)F)c1. The highest BCUT2D eigenvalue weighted by molar-refractivity contribution is 6.31. The summed E-state index contributed by atoms with van der Waals surface area (Å²) >= 11 is 5.54. The molecule has 0 N–H and O–H groups in total. The molecule has 0 aliphatic rings. The molecule has 0 saturated carbocycles. The molecule has 2 rings (SSSR count). The Hall–Kier alpha value is -2.22. The van der Waals surface area contributed by atoms with Crippen LogP contribution in [-0.4, -0.2) is 22.4 Å². The van der Waals surface area contributed by atoms with Gasteiger partial charge in [-0.1, -0.05) is 11.6 Å². The van der Waals surface area contributed by atoms with Crippen LogP contribution in [0.3, 0.4) is 0 Å². The summed E-state index contributed by atoms with van der Waals surface area (Å²) in [7, 11) is 1.54. The molecule has 0 bridgehead atoms. The third-order valence-electron chi connectivity index (χ3n) is 2.75. The first-order chi connectivity index (χ1) is 10.7. The Morgan fingerprint density at radius 2 is 2.09 bits per heavy atom. The van der Waals surface area contributed by atoms with Crippen LogP contribution >= 0.6 is 11.6 Å². The Morgan fingerprint density at radius 1 is 1.39 bits per heavy atom. The van der Waals surface area contributed by atoms with Gasteiger partial charge in [0.2, 0.25) is 0 Å². The summed E-state index contributed by atoms with van der Waals surface area (Å²) in [5, 5.41) is 3.46. The summed E-state index contributed by atoms with van der Waals surface area (Å²) in [5.41, 5.74) is -1.02. The molecule has 1 aromatic carbocycles. The zero-order valence-corrected chi connectivity index (χ0v) is 12.9. The van der Waals surface area contributed by atoms with Gasteiger partial charge in [0.25, 0.3) is 5.88 Å². The van der Waals surface area contributed by atoms with Gasteiger partial charge < -0.3 is 9.47 Å². The first kappa shape index (κ1) is 17.1. The fraction of sp³-hybridized carbons (Fsp3) is 0.286. The first-order valence-corrected chi connectivity index (χ1v) is 6.85. The average molecular weight is 349 g/mol. The monoisotopic (exact) mass is 348 g/mol. The molecule has 0 radical (unpaired) electrons. The minimum atomic E-state index is -4.62. The van der Waals surface area contributed by atoms with Crippen LogP contribution in [0.15, 0.2) is 24.4 Å². The summed E-state index contributed by atoms with van der Waals surface area (Å²) in [6.07, 6.45) is -3.27. The first-order valence-electron chi connectivity index (χ1n) is 6.47. The van der Waals surface area contributed by atoms with Crippen LogP contribution in [0.4, 0.5) is 13.2 Å². The fourth-order valence-corrected chi connectivity index (χ4v) is 2.01. The van der Waals surface area contributed by atoms with Crippen molar-refractivity contribution in [2.75, 3.05) is 6.61 Å². The fourth-order valence-electron chi connectivity index (χ4n) is 1.79. The number of aryl methyl sites for hydroxylation is 1. The molecule has 0 spiro atoms. The molecule has 9 heteroatoms. The molecule has 1 aromatic heterocycles. The number of esters is 1. The molecule has 0 atom stereocenters. The molecule has 124 valence electrons. The maximum atomic E-state index is 12.8. The van der Waals surface area contributed by atoms with E-state index in [2.05, 4.69) is 5.10 Å². The lowest BCUT2D eigenvalue weighted by molar-refractivity contribution is -0.137. The van der Waals surface area contributed by atoms with E-state index >= 15 is 0 Å². The number of hydrogen-bond donors (Lipinski definition) is 0. The molecule has 0 aliphatic carbocycles. The Kier molecular flexibility index (Phi) is 4.84. The smallest absolute Gasteiger partial charge is 0.417 e. The number of ether oxygens (including phenoxy) is 2. The summed E-state index contributed by atoms with van der Waals surface area (Å²) in [5.74, 6) is -0.979. The van der Waals surface area contributed by atoms with Gasteiger partial charge in [0, 0.05) is 13.2 Å². The molecule has 1 heterocycles. The number of halogens is 4. The van der Waals surface area contributed by atoms with E-state index in [1.165, 1.54) is 16.9 Å². The summed E-state index contributed by atoms with van der Waals surface area (Å²) < 4.78 is 50.0. The highest BCUT2D eigenvalue weighted by Crippen LogP contribution is 2.37. The van der Waals surface area contributed by atoms with Crippen molar-refractivity contribution in [1.82, 2.24) is 9.78 Å².